The maximum atomic E-state index is 13.2. The molecule has 0 unspecified atom stereocenters. The smallest absolute Gasteiger partial charge is 0.259 e. The van der Waals surface area contributed by atoms with E-state index >= 15 is 0 Å². The molecule has 3 aromatic rings. The normalized spacial score (nSPS) is 18.1. The topological polar surface area (TPSA) is 104 Å². The van der Waals surface area contributed by atoms with Gasteiger partial charge in [-0.3, -0.25) is 10.2 Å². The minimum absolute atomic E-state index is 0.0556. The number of carbonyl (C=O) groups is 1. The molecular weight excluding hydrogens is 524 g/mol. The van der Waals surface area contributed by atoms with Crippen LogP contribution in [0.5, 0.6) is 0 Å². The summed E-state index contributed by atoms with van der Waals surface area (Å²) in [6, 6.07) is 15.0. The average molecular weight is 557 g/mol. The van der Waals surface area contributed by atoms with Crippen molar-refractivity contribution < 1.29 is 13.2 Å². The predicted molar refractivity (Wildman–Crippen MR) is 149 cm³/mol. The molecule has 9 nitrogen and oxygen atoms in total. The van der Waals surface area contributed by atoms with E-state index in [1.54, 1.807) is 29.2 Å². The lowest BCUT2D eigenvalue weighted by Crippen LogP contribution is -2.51. The number of H-pyrrole nitrogens is 1. The largest absolute Gasteiger partial charge is 0.356 e. The fourth-order valence-electron chi connectivity index (χ4n) is 5.19. The number of hydrogen-bond donors (Lipinski definition) is 2. The third kappa shape index (κ3) is 5.44. The lowest BCUT2D eigenvalue weighted by Gasteiger charge is -2.36. The van der Waals surface area contributed by atoms with Gasteiger partial charge in [0.1, 0.15) is 10.9 Å². The van der Waals surface area contributed by atoms with Crippen LogP contribution >= 0.6 is 11.6 Å². The van der Waals surface area contributed by atoms with Gasteiger partial charge in [-0.2, -0.15) is 4.31 Å². The van der Waals surface area contributed by atoms with Gasteiger partial charge in [0.15, 0.2) is 0 Å². The van der Waals surface area contributed by atoms with Crippen molar-refractivity contribution in [2.24, 2.45) is 0 Å². The third-order valence-electron chi connectivity index (χ3n) is 7.57. The van der Waals surface area contributed by atoms with Gasteiger partial charge >= 0.3 is 0 Å². The highest BCUT2D eigenvalue weighted by atomic mass is 35.5. The number of likely N-dealkylation sites (tertiary alicyclic amines) is 1. The average Bonchev–Trinajstić information content (AvgIpc) is 3.34. The van der Waals surface area contributed by atoms with Gasteiger partial charge in [0.25, 0.3) is 10.0 Å². The molecule has 38 heavy (non-hydrogen) atoms. The van der Waals surface area contributed by atoms with E-state index in [0.29, 0.717) is 35.5 Å². The van der Waals surface area contributed by atoms with Crippen molar-refractivity contribution in [1.29, 1.82) is 5.41 Å². The number of aromatic nitrogens is 1. The van der Waals surface area contributed by atoms with E-state index in [-0.39, 0.29) is 24.0 Å². The standard InChI is InChI=1S/C27H33ClN6O3S/c1-31(2)23-9-11-32(12-10-23)27(29)20-5-3-19(4-6-20)17-33-13-14-34(18-26(33)35)38(36,37)25-15-21-7-8-22(28)16-24(21)30-25/h3-8,15-16,23,29-30H,9-14,17-18H2,1-2H3. The van der Waals surface area contributed by atoms with Gasteiger partial charge in [-0.25, -0.2) is 8.42 Å². The monoisotopic (exact) mass is 556 g/mol. The number of sulfonamides is 1. The molecule has 2 N–H and O–H groups in total. The van der Waals surface area contributed by atoms with E-state index in [2.05, 4.69) is 28.9 Å². The number of halogens is 1. The summed E-state index contributed by atoms with van der Waals surface area (Å²) < 4.78 is 27.6. The Labute approximate surface area is 228 Å². The summed E-state index contributed by atoms with van der Waals surface area (Å²) in [5.74, 6) is 0.294. The number of amidine groups is 1. The lowest BCUT2D eigenvalue weighted by atomic mass is 10.0. The van der Waals surface area contributed by atoms with Crippen LogP contribution in [0.15, 0.2) is 53.6 Å². The molecule has 2 aliphatic rings. The summed E-state index contributed by atoms with van der Waals surface area (Å²) in [5.41, 5.74) is 2.44. The second-order valence-corrected chi connectivity index (χ2v) is 12.6. The number of nitrogens with zero attached hydrogens (tertiary/aromatic N) is 4. The first-order valence-corrected chi connectivity index (χ1v) is 14.6. The van der Waals surface area contributed by atoms with Crippen molar-refractivity contribution in [2.75, 3.05) is 46.8 Å². The molecule has 2 saturated heterocycles. The number of piperidine rings is 1. The maximum Gasteiger partial charge on any atom is 0.259 e. The minimum Gasteiger partial charge on any atom is -0.356 e. The third-order valence-corrected chi connectivity index (χ3v) is 9.58. The van der Waals surface area contributed by atoms with Crippen LogP contribution in [-0.2, 0) is 21.4 Å². The highest BCUT2D eigenvalue weighted by Crippen LogP contribution is 2.25. The highest BCUT2D eigenvalue weighted by molar-refractivity contribution is 7.89. The fraction of sp³-hybridized carbons (Fsp3) is 0.407. The SMILES string of the molecule is CN(C)C1CCN(C(=N)c2ccc(CN3CCN(S(=O)(=O)c4cc5ccc(Cl)cc5[nH]4)CC3=O)cc2)CC1. The molecule has 0 radical (unpaired) electrons. The van der Waals surface area contributed by atoms with Crippen molar-refractivity contribution in [3.05, 3.63) is 64.7 Å². The summed E-state index contributed by atoms with van der Waals surface area (Å²) in [4.78, 5) is 21.9. The molecule has 0 bridgehead atoms. The number of piperazine rings is 1. The zero-order valence-electron chi connectivity index (χ0n) is 21.7. The predicted octanol–water partition coefficient (Wildman–Crippen LogP) is 3.21. The molecule has 2 aliphatic heterocycles. The second kappa shape index (κ2) is 10.7. The van der Waals surface area contributed by atoms with Gasteiger partial charge in [0.05, 0.1) is 6.54 Å². The molecule has 0 spiro atoms. The Hall–Kier alpha value is -2.92. The van der Waals surface area contributed by atoms with Crippen molar-refractivity contribution in [1.82, 2.24) is 24.0 Å². The lowest BCUT2D eigenvalue weighted by molar-refractivity contribution is -0.134. The molecule has 2 aromatic carbocycles. The molecule has 0 atom stereocenters. The van der Waals surface area contributed by atoms with Crippen LogP contribution in [0.4, 0.5) is 0 Å². The first kappa shape index (κ1) is 26.7. The molecule has 0 aliphatic carbocycles. The molecule has 202 valence electrons. The van der Waals surface area contributed by atoms with Crippen molar-refractivity contribution in [2.45, 2.75) is 30.5 Å². The minimum atomic E-state index is -3.84. The molecule has 11 heteroatoms. The number of benzene rings is 2. The molecule has 1 aromatic heterocycles. The highest BCUT2D eigenvalue weighted by Gasteiger charge is 2.34. The van der Waals surface area contributed by atoms with Crippen LogP contribution in [0.3, 0.4) is 0 Å². The summed E-state index contributed by atoms with van der Waals surface area (Å²) in [7, 11) is 0.367. The van der Waals surface area contributed by atoms with Gasteiger partial charge in [0.2, 0.25) is 5.91 Å². The first-order valence-electron chi connectivity index (χ1n) is 12.8. The van der Waals surface area contributed by atoms with Gasteiger partial charge in [-0.1, -0.05) is 41.9 Å². The molecule has 0 saturated carbocycles. The van der Waals surface area contributed by atoms with E-state index in [1.807, 2.05) is 24.3 Å². The fourth-order valence-corrected chi connectivity index (χ4v) is 6.75. The summed E-state index contributed by atoms with van der Waals surface area (Å²) in [5, 5.41) is 9.94. The Morgan fingerprint density at radius 2 is 1.76 bits per heavy atom. The Morgan fingerprint density at radius 3 is 2.42 bits per heavy atom. The van der Waals surface area contributed by atoms with Crippen LogP contribution in [0.2, 0.25) is 5.02 Å². The molecule has 3 heterocycles. The van der Waals surface area contributed by atoms with E-state index < -0.39 is 10.0 Å². The van der Waals surface area contributed by atoms with Crippen molar-refractivity contribution in [3.63, 3.8) is 0 Å². The van der Waals surface area contributed by atoms with E-state index in [4.69, 9.17) is 17.0 Å². The quantitative estimate of drug-likeness (QED) is 0.358. The summed E-state index contributed by atoms with van der Waals surface area (Å²) in [6.07, 6.45) is 2.10. The Morgan fingerprint density at radius 1 is 1.05 bits per heavy atom. The van der Waals surface area contributed by atoms with Gasteiger partial charge in [-0.15, -0.1) is 0 Å². The van der Waals surface area contributed by atoms with E-state index in [1.165, 1.54) is 4.31 Å². The van der Waals surface area contributed by atoms with Crippen LogP contribution < -0.4 is 0 Å². The van der Waals surface area contributed by atoms with E-state index in [0.717, 1.165) is 42.4 Å². The number of fused-ring (bicyclic) bond motifs is 1. The molecule has 2 fully saturated rings. The van der Waals surface area contributed by atoms with Crippen LogP contribution in [0.25, 0.3) is 10.9 Å². The van der Waals surface area contributed by atoms with Crippen molar-refractivity contribution in [3.8, 4) is 0 Å². The second-order valence-electron chi connectivity index (χ2n) is 10.2. The number of aromatic amines is 1. The number of carbonyl (C=O) groups excluding carboxylic acids is 1. The van der Waals surface area contributed by atoms with Crippen LogP contribution in [-0.4, -0.2) is 97.0 Å². The Kier molecular flexibility index (Phi) is 7.50. The maximum absolute atomic E-state index is 13.2. The molecule has 1 amide bonds. The molecular formula is C27H33ClN6O3S. The van der Waals surface area contributed by atoms with E-state index in [9.17, 15) is 13.2 Å². The van der Waals surface area contributed by atoms with Gasteiger partial charge in [-0.05, 0) is 50.7 Å². The first-order chi connectivity index (χ1) is 18.1. The Balaban J connectivity index is 1.18. The zero-order chi connectivity index (χ0) is 27.0. The zero-order valence-corrected chi connectivity index (χ0v) is 23.2. The summed E-state index contributed by atoms with van der Waals surface area (Å²) in [6.45, 7) is 2.47. The Bertz CT molecular complexity index is 1450. The number of hydrogen-bond acceptors (Lipinski definition) is 5. The summed E-state index contributed by atoms with van der Waals surface area (Å²) >= 11 is 6.02. The van der Waals surface area contributed by atoms with Crippen molar-refractivity contribution >= 4 is 44.3 Å². The van der Waals surface area contributed by atoms with Gasteiger partial charge in [0, 0.05) is 60.3 Å². The number of rotatable bonds is 6. The van der Waals surface area contributed by atoms with Gasteiger partial charge < -0.3 is 19.7 Å². The number of amides is 1. The van der Waals surface area contributed by atoms with Crippen LogP contribution in [0.1, 0.15) is 24.0 Å². The van der Waals surface area contributed by atoms with Crippen LogP contribution in [0, 0.1) is 5.41 Å². The molecule has 5 rings (SSSR count). The number of nitrogens with one attached hydrogen (secondary N) is 2.